The molecule has 15 heavy (non-hydrogen) atoms. The lowest BCUT2D eigenvalue weighted by Crippen LogP contribution is -2.35. The molecule has 88 valence electrons. The van der Waals surface area contributed by atoms with E-state index in [9.17, 15) is 9.59 Å². The molecular weight excluding hydrogens is 196 g/mol. The van der Waals surface area contributed by atoms with Crippen molar-refractivity contribution >= 4 is 11.9 Å². The number of rotatable bonds is 7. The maximum atomic E-state index is 11.2. The molecule has 0 bridgehead atoms. The summed E-state index contributed by atoms with van der Waals surface area (Å²) in [6.07, 6.45) is 1.15. The van der Waals surface area contributed by atoms with Crippen molar-refractivity contribution in [3.05, 3.63) is 0 Å². The second kappa shape index (κ2) is 8.23. The fraction of sp³-hybridized carbons (Fsp3) is 0.800. The average molecular weight is 216 g/mol. The van der Waals surface area contributed by atoms with Crippen molar-refractivity contribution in [1.29, 1.82) is 0 Å². The summed E-state index contributed by atoms with van der Waals surface area (Å²) in [7, 11) is 0. The van der Waals surface area contributed by atoms with Gasteiger partial charge in [-0.3, -0.25) is 9.59 Å². The number of nitrogens with one attached hydrogen (secondary N) is 1. The summed E-state index contributed by atoms with van der Waals surface area (Å²) in [6, 6.07) is -0.0426. The molecule has 0 aliphatic heterocycles. The SMILES string of the molecule is CCOC(=O)CCCC(=O)NCC(C)N. The number of nitrogens with two attached hydrogens (primary N) is 1. The number of carbonyl (C=O) groups excluding carboxylic acids is 2. The third-order valence-electron chi connectivity index (χ3n) is 1.71. The van der Waals surface area contributed by atoms with Crippen molar-refractivity contribution in [1.82, 2.24) is 5.32 Å². The Labute approximate surface area is 90.4 Å². The molecule has 0 aromatic heterocycles. The van der Waals surface area contributed by atoms with Gasteiger partial charge in [-0.2, -0.15) is 0 Å². The van der Waals surface area contributed by atoms with E-state index in [1.807, 2.05) is 6.92 Å². The molecule has 0 spiro atoms. The summed E-state index contributed by atoms with van der Waals surface area (Å²) < 4.78 is 4.73. The van der Waals surface area contributed by atoms with Crippen LogP contribution in [0.5, 0.6) is 0 Å². The van der Waals surface area contributed by atoms with Crippen LogP contribution in [0.4, 0.5) is 0 Å². The fourth-order valence-corrected chi connectivity index (χ4v) is 0.990. The predicted octanol–water partition coefficient (Wildman–Crippen LogP) is 0.183. The smallest absolute Gasteiger partial charge is 0.305 e. The molecule has 1 unspecified atom stereocenters. The number of amides is 1. The van der Waals surface area contributed by atoms with Crippen LogP contribution >= 0.6 is 0 Å². The van der Waals surface area contributed by atoms with Crippen LogP contribution in [0.1, 0.15) is 33.1 Å². The van der Waals surface area contributed by atoms with E-state index in [2.05, 4.69) is 5.32 Å². The molecule has 1 amide bonds. The van der Waals surface area contributed by atoms with Crippen molar-refractivity contribution in [2.75, 3.05) is 13.2 Å². The maximum absolute atomic E-state index is 11.2. The Morgan fingerprint density at radius 1 is 1.40 bits per heavy atom. The Kier molecular flexibility index (Phi) is 7.62. The van der Waals surface area contributed by atoms with Gasteiger partial charge in [0.25, 0.3) is 0 Å². The molecule has 0 aromatic carbocycles. The molecule has 0 aliphatic carbocycles. The Balaban J connectivity index is 3.42. The first-order valence-corrected chi connectivity index (χ1v) is 5.24. The van der Waals surface area contributed by atoms with Gasteiger partial charge in [-0.15, -0.1) is 0 Å². The summed E-state index contributed by atoms with van der Waals surface area (Å²) in [5.74, 6) is -0.325. The van der Waals surface area contributed by atoms with Gasteiger partial charge in [0.05, 0.1) is 6.61 Å². The van der Waals surface area contributed by atoms with Crippen molar-refractivity contribution < 1.29 is 14.3 Å². The number of ether oxygens (including phenoxy) is 1. The van der Waals surface area contributed by atoms with Gasteiger partial charge in [0.1, 0.15) is 0 Å². The van der Waals surface area contributed by atoms with Crippen LogP contribution < -0.4 is 11.1 Å². The van der Waals surface area contributed by atoms with E-state index in [1.54, 1.807) is 6.92 Å². The summed E-state index contributed by atoms with van der Waals surface area (Å²) in [4.78, 5) is 22.1. The van der Waals surface area contributed by atoms with Gasteiger partial charge < -0.3 is 15.8 Å². The third kappa shape index (κ3) is 9.21. The summed E-state index contributed by atoms with van der Waals surface area (Å²) in [6.45, 7) is 4.43. The van der Waals surface area contributed by atoms with Gasteiger partial charge >= 0.3 is 5.97 Å². The molecule has 1 atom stereocenters. The highest BCUT2D eigenvalue weighted by molar-refractivity contribution is 5.77. The van der Waals surface area contributed by atoms with E-state index in [-0.39, 0.29) is 17.9 Å². The van der Waals surface area contributed by atoms with E-state index in [1.165, 1.54) is 0 Å². The van der Waals surface area contributed by atoms with Gasteiger partial charge in [-0.1, -0.05) is 0 Å². The Bertz CT molecular complexity index is 205. The van der Waals surface area contributed by atoms with Gasteiger partial charge in [0, 0.05) is 25.4 Å². The highest BCUT2D eigenvalue weighted by atomic mass is 16.5. The van der Waals surface area contributed by atoms with Crippen molar-refractivity contribution in [2.24, 2.45) is 5.73 Å². The zero-order chi connectivity index (χ0) is 11.7. The highest BCUT2D eigenvalue weighted by Gasteiger charge is 2.05. The number of hydrogen-bond acceptors (Lipinski definition) is 4. The second-order valence-corrected chi connectivity index (χ2v) is 3.44. The van der Waals surface area contributed by atoms with Gasteiger partial charge in [-0.05, 0) is 20.3 Å². The van der Waals surface area contributed by atoms with Crippen LogP contribution in [-0.2, 0) is 14.3 Å². The Morgan fingerprint density at radius 3 is 2.60 bits per heavy atom. The number of carbonyl (C=O) groups is 2. The van der Waals surface area contributed by atoms with Crippen molar-refractivity contribution in [3.63, 3.8) is 0 Å². The van der Waals surface area contributed by atoms with Crippen LogP contribution in [0.25, 0.3) is 0 Å². The molecular formula is C10H20N2O3. The summed E-state index contributed by atoms with van der Waals surface area (Å²) in [5.41, 5.74) is 5.47. The summed E-state index contributed by atoms with van der Waals surface area (Å²) in [5, 5.41) is 2.67. The normalized spacial score (nSPS) is 11.9. The molecule has 3 N–H and O–H groups in total. The topological polar surface area (TPSA) is 81.4 Å². The van der Waals surface area contributed by atoms with Gasteiger partial charge in [0.2, 0.25) is 5.91 Å². The molecule has 5 nitrogen and oxygen atoms in total. The minimum atomic E-state index is -0.252. The lowest BCUT2D eigenvalue weighted by atomic mass is 10.2. The lowest BCUT2D eigenvalue weighted by Gasteiger charge is -2.07. The molecule has 5 heteroatoms. The minimum absolute atomic E-state index is 0.0426. The van der Waals surface area contributed by atoms with E-state index in [0.717, 1.165) is 0 Å². The molecule has 0 radical (unpaired) electrons. The second-order valence-electron chi connectivity index (χ2n) is 3.44. The van der Waals surface area contributed by atoms with E-state index >= 15 is 0 Å². The predicted molar refractivity (Wildman–Crippen MR) is 57.1 cm³/mol. The first kappa shape index (κ1) is 13.9. The number of hydrogen-bond donors (Lipinski definition) is 2. The third-order valence-corrected chi connectivity index (χ3v) is 1.71. The van der Waals surface area contributed by atoms with Crippen LogP contribution in [0.15, 0.2) is 0 Å². The first-order chi connectivity index (χ1) is 7.06. The quantitative estimate of drug-likeness (QED) is 0.595. The average Bonchev–Trinajstić information content (AvgIpc) is 2.15. The zero-order valence-electron chi connectivity index (χ0n) is 9.41. The molecule has 0 heterocycles. The standard InChI is InChI=1S/C10H20N2O3/c1-3-15-10(14)6-4-5-9(13)12-7-8(2)11/h8H,3-7,11H2,1-2H3,(H,12,13). The van der Waals surface area contributed by atoms with Gasteiger partial charge in [-0.25, -0.2) is 0 Å². The Morgan fingerprint density at radius 2 is 2.07 bits per heavy atom. The highest BCUT2D eigenvalue weighted by Crippen LogP contribution is 1.97. The maximum Gasteiger partial charge on any atom is 0.305 e. The van der Waals surface area contributed by atoms with Crippen molar-refractivity contribution in [2.45, 2.75) is 39.2 Å². The van der Waals surface area contributed by atoms with Crippen LogP contribution in [0.2, 0.25) is 0 Å². The lowest BCUT2D eigenvalue weighted by molar-refractivity contribution is -0.143. The summed E-state index contributed by atoms with van der Waals surface area (Å²) >= 11 is 0. The van der Waals surface area contributed by atoms with Gasteiger partial charge in [0.15, 0.2) is 0 Å². The minimum Gasteiger partial charge on any atom is -0.466 e. The van der Waals surface area contributed by atoms with Crippen molar-refractivity contribution in [3.8, 4) is 0 Å². The molecule has 0 aromatic rings. The largest absolute Gasteiger partial charge is 0.466 e. The molecule has 0 saturated heterocycles. The van der Waals surface area contributed by atoms with Crippen LogP contribution in [-0.4, -0.2) is 31.1 Å². The molecule has 0 aliphatic rings. The number of esters is 1. The molecule has 0 saturated carbocycles. The molecule has 0 fully saturated rings. The van der Waals surface area contributed by atoms with Crippen LogP contribution in [0, 0.1) is 0 Å². The monoisotopic (exact) mass is 216 g/mol. The van der Waals surface area contributed by atoms with E-state index in [0.29, 0.717) is 32.4 Å². The van der Waals surface area contributed by atoms with E-state index in [4.69, 9.17) is 10.5 Å². The van der Waals surface area contributed by atoms with Crippen LogP contribution in [0.3, 0.4) is 0 Å². The molecule has 0 rings (SSSR count). The van der Waals surface area contributed by atoms with E-state index < -0.39 is 0 Å². The fourth-order valence-electron chi connectivity index (χ4n) is 0.990. The Hall–Kier alpha value is -1.10. The zero-order valence-corrected chi connectivity index (χ0v) is 9.41. The first-order valence-electron chi connectivity index (χ1n) is 5.24.